The number of benzene rings is 1. The summed E-state index contributed by atoms with van der Waals surface area (Å²) >= 11 is 4.53. The van der Waals surface area contributed by atoms with Crippen LogP contribution in [0.5, 0.6) is 5.75 Å². The monoisotopic (exact) mass is 1540 g/mol. The molecule has 1 aromatic carbocycles. The molecule has 0 saturated carbocycles. The number of carbonyl (C=O) groups is 8. The van der Waals surface area contributed by atoms with E-state index in [9.17, 15) is 39.7 Å². The zero-order valence-electron chi connectivity index (χ0n) is 58.0. The minimum Gasteiger partial charge on any atom is -0.506 e. The number of esters is 2. The maximum Gasteiger partial charge on any atom is 0.358 e. The summed E-state index contributed by atoms with van der Waals surface area (Å²) in [7, 11) is 10.4. The lowest BCUT2D eigenvalue weighted by molar-refractivity contribution is -0.280. The number of thiazole rings is 5. The highest BCUT2D eigenvalue weighted by Gasteiger charge is 2.50. The molecule has 105 heavy (non-hydrogen) atoms. The molecule has 8 aromatic rings. The number of allylic oxidation sites excluding steroid dienone is 1. The molecule has 7 aromatic heterocycles. The Hall–Kier alpha value is -9.36. The average Bonchev–Trinajstić information content (AvgIpc) is 1.60. The molecule has 11 atom stereocenters. The van der Waals surface area contributed by atoms with Crippen LogP contribution >= 0.6 is 56.7 Å². The molecule has 39 heteroatoms. The number of primary amides is 1. The van der Waals surface area contributed by atoms with Crippen molar-refractivity contribution in [3.05, 3.63) is 112 Å². The SMILES string of the molecule is CO/C(C)=C1/NC(=O)C(C(C)O)NC(=O)c2csc(n2)-c2cc(O)c(-c3nc(C(=O)NC(CN(C)CCN(C)C)C(N)=O)cs3)nc2-c2csc(n2)C2COC(=O)c3c4c5c(cccc5n3O)COC(=O)C(O[C@H]3C[C@](C)(O)[C@H](N(C)C)[C@H](C)O3)C(OC4)C(NC(=O)c3csc1n3)c1nc(cs1)C(=O)N2. The van der Waals surface area contributed by atoms with E-state index < -0.39 is 145 Å². The minimum atomic E-state index is -1.92. The first kappa shape index (κ1) is 75.3. The molecular weight excluding hydrogens is 1470 g/mol. The van der Waals surface area contributed by atoms with E-state index in [0.717, 1.165) is 56.7 Å². The summed E-state index contributed by atoms with van der Waals surface area (Å²) in [5.74, 6) is -7.93. The Morgan fingerprint density at radius 3 is 2.20 bits per heavy atom. The van der Waals surface area contributed by atoms with Gasteiger partial charge < -0.3 is 96.0 Å². The number of hydrogen-bond donors (Lipinski definition) is 10. The predicted molar refractivity (Wildman–Crippen MR) is 381 cm³/mol. The van der Waals surface area contributed by atoms with Gasteiger partial charge in [-0.15, -0.1) is 56.7 Å². The van der Waals surface area contributed by atoms with Crippen LogP contribution in [-0.4, -0.2) is 240 Å². The molecule has 0 aliphatic carbocycles. The van der Waals surface area contributed by atoms with Crippen molar-refractivity contribution in [1.82, 2.24) is 75.9 Å². The van der Waals surface area contributed by atoms with Crippen molar-refractivity contribution >= 4 is 121 Å². The third-order valence-corrected chi connectivity index (χ3v) is 22.3. The van der Waals surface area contributed by atoms with E-state index in [1.807, 2.05) is 23.9 Å². The molecule has 1 fully saturated rings. The molecule has 12 rings (SSSR count). The van der Waals surface area contributed by atoms with E-state index in [1.54, 1.807) is 52.0 Å². The fourth-order valence-corrected chi connectivity index (χ4v) is 16.9. The van der Waals surface area contributed by atoms with Gasteiger partial charge in [0.25, 0.3) is 23.6 Å². The van der Waals surface area contributed by atoms with Crippen LogP contribution in [0.2, 0.25) is 0 Å². The second-order valence-electron chi connectivity index (χ2n) is 26.0. The van der Waals surface area contributed by atoms with Gasteiger partial charge in [0, 0.05) is 69.5 Å². The molecular formula is C66H74N16O18S5. The Balaban J connectivity index is 1.01. The Kier molecular flexibility index (Phi) is 22.2. The van der Waals surface area contributed by atoms with Crippen molar-refractivity contribution in [3.8, 4) is 38.4 Å². The third-order valence-electron chi connectivity index (χ3n) is 17.8. The molecule has 7 unspecified atom stereocenters. The molecule has 556 valence electrons. The maximum absolute atomic E-state index is 15.2. The number of aliphatic hydroxyl groups excluding tert-OH is 1. The highest BCUT2D eigenvalue weighted by atomic mass is 32.1. The number of nitrogens with zero attached hydrogens (tertiary/aromatic N) is 10. The number of carbonyl (C=O) groups excluding carboxylic acids is 8. The molecule has 6 amide bonds. The van der Waals surface area contributed by atoms with Gasteiger partial charge in [0.05, 0.1) is 43.1 Å². The molecule has 11 N–H and O–H groups in total. The largest absolute Gasteiger partial charge is 0.506 e. The number of cyclic esters (lactones) is 2. The van der Waals surface area contributed by atoms with E-state index >= 15 is 19.2 Å². The first-order chi connectivity index (χ1) is 50.0. The molecule has 0 spiro atoms. The number of pyridine rings is 1. The quantitative estimate of drug-likeness (QED) is 0.0424. The van der Waals surface area contributed by atoms with Crippen molar-refractivity contribution in [3.63, 3.8) is 0 Å². The zero-order chi connectivity index (χ0) is 75.2. The minimum absolute atomic E-state index is 0.0117. The maximum atomic E-state index is 15.2. The Morgan fingerprint density at radius 1 is 0.829 bits per heavy atom. The Bertz CT molecular complexity index is 4730. The molecule has 0 radical (unpaired) electrons. The van der Waals surface area contributed by atoms with Crippen LogP contribution in [0.1, 0.15) is 125 Å². The normalized spacial score (nSPS) is 23.7. The lowest BCUT2D eigenvalue weighted by Gasteiger charge is -2.48. The highest BCUT2D eigenvalue weighted by Crippen LogP contribution is 2.43. The van der Waals surface area contributed by atoms with E-state index in [1.165, 1.54) is 60.0 Å². The van der Waals surface area contributed by atoms with Crippen molar-refractivity contribution in [2.45, 2.75) is 114 Å². The van der Waals surface area contributed by atoms with Crippen LogP contribution < -0.4 is 32.3 Å². The van der Waals surface area contributed by atoms with Gasteiger partial charge in [-0.3, -0.25) is 28.8 Å². The average molecular weight is 1540 g/mol. The molecule has 11 heterocycles. The van der Waals surface area contributed by atoms with E-state index in [-0.39, 0.29) is 111 Å². The van der Waals surface area contributed by atoms with Crippen LogP contribution in [0.3, 0.4) is 0 Å². The third kappa shape index (κ3) is 15.8. The number of fused-ring (bicyclic) bond motifs is 15. The fourth-order valence-electron chi connectivity index (χ4n) is 12.7. The predicted octanol–water partition coefficient (Wildman–Crippen LogP) is 3.24. The summed E-state index contributed by atoms with van der Waals surface area (Å²) in [5, 5.41) is 68.3. The van der Waals surface area contributed by atoms with Crippen LogP contribution in [0.4, 0.5) is 0 Å². The van der Waals surface area contributed by atoms with Gasteiger partial charge in [-0.05, 0) is 80.6 Å². The van der Waals surface area contributed by atoms with Crippen LogP contribution in [0.15, 0.2) is 56.9 Å². The summed E-state index contributed by atoms with van der Waals surface area (Å²) in [6.07, 6.45) is -7.57. The van der Waals surface area contributed by atoms with E-state index in [0.29, 0.717) is 23.4 Å². The van der Waals surface area contributed by atoms with Crippen molar-refractivity contribution in [2.24, 2.45) is 5.73 Å². The van der Waals surface area contributed by atoms with E-state index in [2.05, 4.69) is 41.5 Å². The standard InChI is InChI=1S/C66H74N16O18S5/c1-27(83)44-58(90)77-45(28(2)95-10)61-72-39(26-103-61)57(89)78-48-50-51(100-42-17-66(4,93)52(80(7)8)29(3)99-42)65(92)97-19-30-12-11-13-40-43(30)32(20-96-50)49(82(40)94)64(91)98-21-34(69-55(87)37-25-105-63(48)74-37)60-70-35(22-102-60)46-31(59-71-38(23-101-59)56(88)76-44)16-41(84)47(75-46)62-73-36(24-104-62)54(86)68-33(53(67)85)18-81(9)15-14-79(5)6/h11-13,16,22-27,29,33-34,42,44,48,50-52,83-84,93-94H,14-15,17-21H2,1-10H3,(H2,67,85)(H,68,86)(H,69,87)(H,76,88)(H,77,90)(H,78,89)/b45-28+/t27?,29-,33?,34?,42-,44?,48?,50?,51?,52+,66-/m0/s1. The molecule has 1 saturated heterocycles. The van der Waals surface area contributed by atoms with Gasteiger partial charge in [0.1, 0.15) is 126 Å². The van der Waals surface area contributed by atoms with Crippen LogP contribution in [-0.2, 0) is 56.0 Å². The van der Waals surface area contributed by atoms with Gasteiger partial charge in [-0.25, -0.2) is 39.5 Å². The molecule has 4 aliphatic heterocycles. The highest BCUT2D eigenvalue weighted by molar-refractivity contribution is 7.14. The first-order valence-electron chi connectivity index (χ1n) is 32.6. The number of aromatic hydroxyl groups is 1. The molecule has 34 nitrogen and oxygen atoms in total. The summed E-state index contributed by atoms with van der Waals surface area (Å²) in [6, 6.07) is -0.461. The number of aromatic nitrogens is 7. The second-order valence-corrected chi connectivity index (χ2v) is 30.4. The van der Waals surface area contributed by atoms with Gasteiger partial charge >= 0.3 is 11.9 Å². The van der Waals surface area contributed by atoms with Crippen LogP contribution in [0.25, 0.3) is 49.3 Å². The van der Waals surface area contributed by atoms with Crippen molar-refractivity contribution in [1.29, 1.82) is 0 Å². The van der Waals surface area contributed by atoms with Gasteiger partial charge in [-0.2, -0.15) is 4.73 Å². The van der Waals surface area contributed by atoms with Crippen molar-refractivity contribution < 1.29 is 87.3 Å². The Labute approximate surface area is 618 Å². The number of rotatable bonds is 14. The molecule has 4 aliphatic rings. The number of nitrogens with one attached hydrogen (secondary N) is 5. The topological polar surface area (TPSA) is 451 Å². The first-order valence-corrected chi connectivity index (χ1v) is 37.0. The lowest BCUT2D eigenvalue weighted by Crippen LogP contribution is -2.62. The summed E-state index contributed by atoms with van der Waals surface area (Å²) in [6.45, 7) is 5.54. The number of methoxy groups -OCH3 is 1. The second kappa shape index (κ2) is 31.0. The van der Waals surface area contributed by atoms with Crippen molar-refractivity contribution in [2.75, 3.05) is 68.6 Å². The number of ether oxygens (including phenoxy) is 6. The van der Waals surface area contributed by atoms with E-state index in [4.69, 9.17) is 49.1 Å². The number of amides is 6. The number of likely N-dealkylation sites (N-methyl/N-ethyl adjacent to an activating group) is 3. The Morgan fingerprint density at radius 2 is 1.50 bits per heavy atom. The smallest absolute Gasteiger partial charge is 0.358 e. The molecule has 12 bridgehead atoms. The summed E-state index contributed by atoms with van der Waals surface area (Å²) in [5.41, 5.74) is 3.01. The number of aliphatic hydroxyl groups is 2. The lowest BCUT2D eigenvalue weighted by atomic mass is 9.85. The summed E-state index contributed by atoms with van der Waals surface area (Å²) in [4.78, 5) is 150. The zero-order valence-corrected chi connectivity index (χ0v) is 62.1. The number of nitrogens with two attached hydrogens (primary N) is 1. The van der Waals surface area contributed by atoms with Crippen LogP contribution in [0, 0.1) is 0 Å². The number of hydrogen-bond acceptors (Lipinski definition) is 32. The summed E-state index contributed by atoms with van der Waals surface area (Å²) < 4.78 is 38.3. The van der Waals surface area contributed by atoms with Gasteiger partial charge in [-0.1, -0.05) is 12.1 Å². The fraction of sp³-hybridized carbons (Fsp3) is 0.424. The van der Waals surface area contributed by atoms with Gasteiger partial charge in [0.2, 0.25) is 11.8 Å². The van der Waals surface area contributed by atoms with Gasteiger partial charge in [0.15, 0.2) is 18.1 Å².